The van der Waals surface area contributed by atoms with Crippen LogP contribution >= 0.6 is 15.9 Å². The monoisotopic (exact) mass is 238 g/mol. The van der Waals surface area contributed by atoms with Crippen molar-refractivity contribution < 1.29 is 0 Å². The van der Waals surface area contributed by atoms with Crippen molar-refractivity contribution in [2.75, 3.05) is 0 Å². The molecule has 1 aliphatic carbocycles. The molecule has 0 bridgehead atoms. The summed E-state index contributed by atoms with van der Waals surface area (Å²) in [5.74, 6) is 0. The number of hydrogen-bond acceptors (Lipinski definition) is 0. The van der Waals surface area contributed by atoms with E-state index < -0.39 is 0 Å². The topological polar surface area (TPSA) is 0 Å². The van der Waals surface area contributed by atoms with Gasteiger partial charge in [0.05, 0.1) is 0 Å². The maximum Gasteiger partial charge on any atom is 0.0261 e. The fourth-order valence-electron chi connectivity index (χ4n) is 1.82. The van der Waals surface area contributed by atoms with Crippen molar-refractivity contribution in [3.05, 3.63) is 35.9 Å². The molecule has 0 atom stereocenters. The molecule has 0 amide bonds. The van der Waals surface area contributed by atoms with Gasteiger partial charge in [0.15, 0.2) is 0 Å². The van der Waals surface area contributed by atoms with Crippen molar-refractivity contribution in [3.8, 4) is 0 Å². The second kappa shape index (κ2) is 3.83. The van der Waals surface area contributed by atoms with E-state index in [4.69, 9.17) is 0 Å². The predicted molar refractivity (Wildman–Crippen MR) is 60.3 cm³/mol. The normalized spacial score (nSPS) is 19.5. The first-order chi connectivity index (χ1) is 6.29. The molecule has 1 fully saturated rings. The number of alkyl halides is 1. The fraction of sp³-hybridized carbons (Fsp3) is 0.500. The van der Waals surface area contributed by atoms with E-state index in [0.29, 0.717) is 4.32 Å². The van der Waals surface area contributed by atoms with Crippen LogP contribution in [0, 0.1) is 0 Å². The van der Waals surface area contributed by atoms with Crippen LogP contribution in [0.5, 0.6) is 0 Å². The first-order valence-corrected chi connectivity index (χ1v) is 5.81. The molecular weight excluding hydrogens is 224 g/mol. The molecule has 0 saturated heterocycles. The number of benzene rings is 1. The standard InChI is InChI=1S/C12H15Br/c13-12(8-4-9-12)10-7-11-5-2-1-3-6-11/h1-3,5-6H,4,7-10H2. The third-order valence-electron chi connectivity index (χ3n) is 2.95. The quantitative estimate of drug-likeness (QED) is 0.701. The van der Waals surface area contributed by atoms with Crippen LogP contribution in [0.2, 0.25) is 0 Å². The van der Waals surface area contributed by atoms with Crippen molar-refractivity contribution in [3.63, 3.8) is 0 Å². The summed E-state index contributed by atoms with van der Waals surface area (Å²) in [4.78, 5) is 0. The molecule has 0 spiro atoms. The van der Waals surface area contributed by atoms with Gasteiger partial charge in [0.2, 0.25) is 0 Å². The Labute approximate surface area is 88.5 Å². The highest BCUT2D eigenvalue weighted by Crippen LogP contribution is 2.43. The molecule has 1 heteroatoms. The fourth-order valence-corrected chi connectivity index (χ4v) is 2.58. The Morgan fingerprint density at radius 3 is 2.38 bits per heavy atom. The second-order valence-electron chi connectivity index (χ2n) is 3.99. The first kappa shape index (κ1) is 9.26. The van der Waals surface area contributed by atoms with E-state index >= 15 is 0 Å². The van der Waals surface area contributed by atoms with Gasteiger partial charge in [-0.1, -0.05) is 52.7 Å². The van der Waals surface area contributed by atoms with Crippen molar-refractivity contribution in [2.45, 2.75) is 36.4 Å². The number of halogens is 1. The Morgan fingerprint density at radius 2 is 1.85 bits per heavy atom. The van der Waals surface area contributed by atoms with Crippen LogP contribution in [0.15, 0.2) is 30.3 Å². The number of rotatable bonds is 3. The minimum atomic E-state index is 0.489. The van der Waals surface area contributed by atoms with E-state index in [-0.39, 0.29) is 0 Å². The SMILES string of the molecule is BrC1(CCc2ccccc2)CCC1. The second-order valence-corrected chi connectivity index (χ2v) is 5.67. The van der Waals surface area contributed by atoms with Crippen molar-refractivity contribution in [1.82, 2.24) is 0 Å². The molecule has 1 aromatic rings. The summed E-state index contributed by atoms with van der Waals surface area (Å²) in [6.45, 7) is 0. The summed E-state index contributed by atoms with van der Waals surface area (Å²) < 4.78 is 0.489. The lowest BCUT2D eigenvalue weighted by Gasteiger charge is -2.36. The third kappa shape index (κ3) is 2.34. The van der Waals surface area contributed by atoms with Crippen LogP contribution in [-0.2, 0) is 6.42 Å². The molecule has 0 nitrogen and oxygen atoms in total. The van der Waals surface area contributed by atoms with Gasteiger partial charge in [0, 0.05) is 4.32 Å². The Bertz CT molecular complexity index is 262. The van der Waals surface area contributed by atoms with Gasteiger partial charge < -0.3 is 0 Å². The highest BCUT2D eigenvalue weighted by Gasteiger charge is 2.33. The smallest absolute Gasteiger partial charge is 0.0261 e. The van der Waals surface area contributed by atoms with Gasteiger partial charge in [-0.3, -0.25) is 0 Å². The van der Waals surface area contributed by atoms with Crippen molar-refractivity contribution >= 4 is 15.9 Å². The zero-order valence-corrected chi connectivity index (χ0v) is 9.39. The van der Waals surface area contributed by atoms with Gasteiger partial charge >= 0.3 is 0 Å². The molecule has 1 aliphatic rings. The molecule has 1 aromatic carbocycles. The van der Waals surface area contributed by atoms with E-state index in [1.54, 1.807) is 0 Å². The average Bonchev–Trinajstić information content (AvgIpc) is 2.13. The molecule has 1 saturated carbocycles. The zero-order chi connectivity index (χ0) is 9.15. The van der Waals surface area contributed by atoms with E-state index in [1.807, 2.05) is 0 Å². The Kier molecular flexibility index (Phi) is 2.73. The van der Waals surface area contributed by atoms with Gasteiger partial charge in [-0.25, -0.2) is 0 Å². The summed E-state index contributed by atoms with van der Waals surface area (Å²) in [5.41, 5.74) is 1.47. The Morgan fingerprint density at radius 1 is 1.15 bits per heavy atom. The molecule has 70 valence electrons. The van der Waals surface area contributed by atoms with Crippen LogP contribution < -0.4 is 0 Å². The van der Waals surface area contributed by atoms with Crippen LogP contribution in [0.3, 0.4) is 0 Å². The van der Waals surface area contributed by atoms with Crippen LogP contribution in [0.1, 0.15) is 31.2 Å². The van der Waals surface area contributed by atoms with E-state index in [1.165, 1.54) is 37.7 Å². The summed E-state index contributed by atoms with van der Waals surface area (Å²) in [5, 5.41) is 0. The molecule has 0 heterocycles. The minimum absolute atomic E-state index is 0.489. The predicted octanol–water partition coefficient (Wildman–Crippen LogP) is 3.94. The Balaban J connectivity index is 1.86. The molecule has 0 N–H and O–H groups in total. The van der Waals surface area contributed by atoms with Gasteiger partial charge in [-0.15, -0.1) is 0 Å². The van der Waals surface area contributed by atoms with Gasteiger partial charge in [0.1, 0.15) is 0 Å². The van der Waals surface area contributed by atoms with Crippen LogP contribution in [0.4, 0.5) is 0 Å². The first-order valence-electron chi connectivity index (χ1n) is 5.01. The molecule has 0 aliphatic heterocycles. The van der Waals surface area contributed by atoms with Gasteiger partial charge in [-0.2, -0.15) is 0 Å². The maximum atomic E-state index is 3.83. The maximum absolute atomic E-state index is 3.83. The molecule has 13 heavy (non-hydrogen) atoms. The van der Waals surface area contributed by atoms with Gasteiger partial charge in [-0.05, 0) is 31.2 Å². The lowest BCUT2D eigenvalue weighted by molar-refractivity contribution is 0.351. The summed E-state index contributed by atoms with van der Waals surface area (Å²) in [6, 6.07) is 10.8. The van der Waals surface area contributed by atoms with Gasteiger partial charge in [0.25, 0.3) is 0 Å². The minimum Gasteiger partial charge on any atom is -0.0853 e. The zero-order valence-electron chi connectivity index (χ0n) is 7.80. The lowest BCUT2D eigenvalue weighted by Crippen LogP contribution is -2.30. The molecule has 0 unspecified atom stereocenters. The lowest BCUT2D eigenvalue weighted by atomic mass is 9.81. The largest absolute Gasteiger partial charge is 0.0853 e. The summed E-state index contributed by atoms with van der Waals surface area (Å²) in [7, 11) is 0. The molecule has 2 rings (SSSR count). The highest BCUT2D eigenvalue weighted by atomic mass is 79.9. The van der Waals surface area contributed by atoms with Crippen LogP contribution in [-0.4, -0.2) is 4.32 Å². The van der Waals surface area contributed by atoms with Crippen molar-refractivity contribution in [2.24, 2.45) is 0 Å². The van der Waals surface area contributed by atoms with E-state index in [9.17, 15) is 0 Å². The van der Waals surface area contributed by atoms with E-state index in [0.717, 1.165) is 0 Å². The molecule has 0 aromatic heterocycles. The summed E-state index contributed by atoms with van der Waals surface area (Å²) >= 11 is 3.83. The number of aryl methyl sites for hydroxylation is 1. The molecular formula is C12H15Br. The average molecular weight is 239 g/mol. The summed E-state index contributed by atoms with van der Waals surface area (Å²) in [6.07, 6.45) is 6.63. The molecule has 0 radical (unpaired) electrons. The van der Waals surface area contributed by atoms with Crippen molar-refractivity contribution in [1.29, 1.82) is 0 Å². The van der Waals surface area contributed by atoms with Crippen LogP contribution in [0.25, 0.3) is 0 Å². The Hall–Kier alpha value is -0.300. The third-order valence-corrected chi connectivity index (χ3v) is 4.14. The van der Waals surface area contributed by atoms with E-state index in [2.05, 4.69) is 46.3 Å². The number of hydrogen-bond donors (Lipinski definition) is 0. The highest BCUT2D eigenvalue weighted by molar-refractivity contribution is 9.10.